The van der Waals surface area contributed by atoms with Crippen molar-refractivity contribution in [2.45, 2.75) is 6.17 Å². The van der Waals surface area contributed by atoms with Crippen LogP contribution in [-0.4, -0.2) is 16.2 Å². The molecule has 7 aromatic carbocycles. The molecular formula is C45H30N4O. The van der Waals surface area contributed by atoms with Gasteiger partial charge in [-0.3, -0.25) is 0 Å². The van der Waals surface area contributed by atoms with E-state index in [0.717, 1.165) is 61.2 Å². The smallest absolute Gasteiger partial charge is 0.159 e. The van der Waals surface area contributed by atoms with E-state index in [9.17, 15) is 0 Å². The van der Waals surface area contributed by atoms with E-state index in [4.69, 9.17) is 14.4 Å². The van der Waals surface area contributed by atoms with Gasteiger partial charge in [-0.05, 0) is 53.1 Å². The fourth-order valence-corrected chi connectivity index (χ4v) is 7.37. The fraction of sp³-hybridized carbons (Fsp3) is 0.0222. The molecule has 3 heterocycles. The maximum absolute atomic E-state index is 6.50. The number of nitrogens with one attached hydrogen (secondary N) is 1. The highest BCUT2D eigenvalue weighted by Crippen LogP contribution is 2.40. The second-order valence-corrected chi connectivity index (χ2v) is 12.6. The van der Waals surface area contributed by atoms with Gasteiger partial charge in [-0.15, -0.1) is 0 Å². The molecule has 1 atom stereocenters. The summed E-state index contributed by atoms with van der Waals surface area (Å²) in [5.41, 5.74) is 10.3. The molecule has 2 aromatic heterocycles. The first-order valence-corrected chi connectivity index (χ1v) is 16.9. The van der Waals surface area contributed by atoms with E-state index in [1.54, 1.807) is 0 Å². The van der Waals surface area contributed by atoms with E-state index in [1.165, 1.54) is 21.9 Å². The van der Waals surface area contributed by atoms with Crippen LogP contribution in [0.5, 0.6) is 0 Å². The summed E-state index contributed by atoms with van der Waals surface area (Å²) < 4.78 is 8.88. The van der Waals surface area contributed by atoms with Crippen LogP contribution in [0, 0.1) is 0 Å². The topological polar surface area (TPSA) is 54.8 Å². The van der Waals surface area contributed by atoms with E-state index >= 15 is 0 Å². The van der Waals surface area contributed by atoms with Gasteiger partial charge in [-0.1, -0.05) is 133 Å². The molecule has 1 aliphatic rings. The molecule has 0 spiro atoms. The number of aromatic nitrogens is 1. The van der Waals surface area contributed by atoms with Gasteiger partial charge in [0.25, 0.3) is 0 Å². The number of aliphatic imine (C=N–C) groups is 2. The Morgan fingerprint density at radius 1 is 0.520 bits per heavy atom. The van der Waals surface area contributed by atoms with Crippen LogP contribution < -0.4 is 5.32 Å². The van der Waals surface area contributed by atoms with Gasteiger partial charge in [0.1, 0.15) is 23.2 Å². The summed E-state index contributed by atoms with van der Waals surface area (Å²) in [6.45, 7) is 0. The second-order valence-electron chi connectivity index (χ2n) is 12.6. The zero-order chi connectivity index (χ0) is 33.0. The van der Waals surface area contributed by atoms with Crippen LogP contribution >= 0.6 is 0 Å². The zero-order valence-corrected chi connectivity index (χ0v) is 27.0. The normalized spacial score (nSPS) is 14.6. The standard InChI is InChI=1S/C45H30N4O/c1-4-14-29(15-5-1)32-24-25-37-35(28-32)33-20-10-12-22-36(33)49(37)38-26-27-40-41(34-21-11-13-23-39(34)50-40)42(38)45-47-43(30-16-6-2-7-17-30)46-44(48-45)31-18-8-3-9-19-31/h1-28,43H,(H,46,47,48). The summed E-state index contributed by atoms with van der Waals surface area (Å²) in [6, 6.07) is 59.1. The molecule has 10 rings (SSSR count). The third-order valence-corrected chi connectivity index (χ3v) is 9.67. The molecule has 0 amide bonds. The van der Waals surface area contributed by atoms with Crippen molar-refractivity contribution in [3.63, 3.8) is 0 Å². The lowest BCUT2D eigenvalue weighted by Crippen LogP contribution is -2.34. The number of hydrogen-bond acceptors (Lipinski definition) is 4. The number of fused-ring (bicyclic) bond motifs is 6. The third-order valence-electron chi connectivity index (χ3n) is 9.67. The predicted molar refractivity (Wildman–Crippen MR) is 205 cm³/mol. The lowest BCUT2D eigenvalue weighted by atomic mass is 10.0. The number of amidine groups is 2. The van der Waals surface area contributed by atoms with Crippen molar-refractivity contribution in [3.05, 3.63) is 187 Å². The number of hydrogen-bond donors (Lipinski definition) is 1. The van der Waals surface area contributed by atoms with Crippen molar-refractivity contribution >= 4 is 55.4 Å². The van der Waals surface area contributed by atoms with Crippen molar-refractivity contribution in [1.29, 1.82) is 0 Å². The van der Waals surface area contributed by atoms with E-state index in [1.807, 2.05) is 36.4 Å². The molecule has 1 aliphatic heterocycles. The molecule has 5 heteroatoms. The predicted octanol–water partition coefficient (Wildman–Crippen LogP) is 10.8. The van der Waals surface area contributed by atoms with Crippen LogP contribution in [0.3, 0.4) is 0 Å². The van der Waals surface area contributed by atoms with E-state index in [-0.39, 0.29) is 6.17 Å². The Morgan fingerprint density at radius 2 is 1.18 bits per heavy atom. The van der Waals surface area contributed by atoms with Crippen LogP contribution in [0.2, 0.25) is 0 Å². The van der Waals surface area contributed by atoms with Gasteiger partial charge in [-0.25, -0.2) is 9.98 Å². The Kier molecular flexibility index (Phi) is 6.49. The van der Waals surface area contributed by atoms with Gasteiger partial charge in [-0.2, -0.15) is 0 Å². The van der Waals surface area contributed by atoms with Crippen molar-refractivity contribution in [3.8, 4) is 16.8 Å². The van der Waals surface area contributed by atoms with Gasteiger partial charge in [0.05, 0.1) is 22.3 Å². The molecule has 236 valence electrons. The minimum absolute atomic E-state index is 0.341. The molecular weight excluding hydrogens is 613 g/mol. The lowest BCUT2D eigenvalue weighted by Gasteiger charge is -2.25. The van der Waals surface area contributed by atoms with Gasteiger partial charge < -0.3 is 14.3 Å². The summed E-state index contributed by atoms with van der Waals surface area (Å²) in [5, 5.41) is 8.20. The molecule has 0 saturated carbocycles. The Balaban J connectivity index is 1.29. The van der Waals surface area contributed by atoms with Crippen LogP contribution in [0.1, 0.15) is 22.9 Å². The summed E-state index contributed by atoms with van der Waals surface area (Å²) in [5.74, 6) is 1.42. The summed E-state index contributed by atoms with van der Waals surface area (Å²) in [4.78, 5) is 10.5. The average molecular weight is 643 g/mol. The Hall–Kier alpha value is -6.72. The van der Waals surface area contributed by atoms with Crippen LogP contribution in [0.15, 0.2) is 184 Å². The molecule has 1 unspecified atom stereocenters. The fourth-order valence-electron chi connectivity index (χ4n) is 7.37. The van der Waals surface area contributed by atoms with Crippen molar-refractivity contribution in [2.24, 2.45) is 9.98 Å². The van der Waals surface area contributed by atoms with Crippen molar-refractivity contribution < 1.29 is 4.42 Å². The largest absolute Gasteiger partial charge is 0.456 e. The van der Waals surface area contributed by atoms with Gasteiger partial charge in [0.15, 0.2) is 5.84 Å². The quantitative estimate of drug-likeness (QED) is 0.203. The first kappa shape index (κ1) is 28.3. The molecule has 5 nitrogen and oxygen atoms in total. The minimum Gasteiger partial charge on any atom is -0.456 e. The summed E-state index contributed by atoms with van der Waals surface area (Å²) in [6.07, 6.45) is -0.341. The van der Waals surface area contributed by atoms with Crippen LogP contribution in [0.4, 0.5) is 0 Å². The molecule has 0 radical (unpaired) electrons. The van der Waals surface area contributed by atoms with Gasteiger partial charge in [0.2, 0.25) is 0 Å². The number of benzene rings is 7. The molecule has 1 N–H and O–H groups in total. The minimum atomic E-state index is -0.341. The Labute approximate surface area is 288 Å². The highest BCUT2D eigenvalue weighted by Gasteiger charge is 2.28. The first-order valence-electron chi connectivity index (χ1n) is 16.9. The molecule has 50 heavy (non-hydrogen) atoms. The number of nitrogens with zero attached hydrogens (tertiary/aromatic N) is 3. The number of rotatable bonds is 5. The first-order chi connectivity index (χ1) is 24.8. The number of para-hydroxylation sites is 2. The third kappa shape index (κ3) is 4.55. The van der Waals surface area contributed by atoms with Gasteiger partial charge in [0, 0.05) is 27.1 Å². The number of furan rings is 1. The van der Waals surface area contributed by atoms with Gasteiger partial charge >= 0.3 is 0 Å². The van der Waals surface area contributed by atoms with Crippen molar-refractivity contribution in [2.75, 3.05) is 0 Å². The van der Waals surface area contributed by atoms with Crippen LogP contribution in [-0.2, 0) is 0 Å². The zero-order valence-electron chi connectivity index (χ0n) is 27.0. The van der Waals surface area contributed by atoms with Crippen LogP contribution in [0.25, 0.3) is 60.6 Å². The van der Waals surface area contributed by atoms with E-state index < -0.39 is 0 Å². The maximum atomic E-state index is 6.50. The molecule has 9 aromatic rings. The molecule has 0 fully saturated rings. The summed E-state index contributed by atoms with van der Waals surface area (Å²) in [7, 11) is 0. The average Bonchev–Trinajstić information content (AvgIpc) is 3.74. The van der Waals surface area contributed by atoms with E-state index in [0.29, 0.717) is 5.84 Å². The second kappa shape index (κ2) is 11.5. The SMILES string of the molecule is c1ccc(C2=NC(c3ccccc3)NC(c3c(-n4c5ccccc5c5cc(-c6ccccc6)ccc54)ccc4oc5ccccc5c34)=N2)cc1. The molecule has 0 bridgehead atoms. The maximum Gasteiger partial charge on any atom is 0.159 e. The Morgan fingerprint density at radius 3 is 1.98 bits per heavy atom. The summed E-state index contributed by atoms with van der Waals surface area (Å²) >= 11 is 0. The molecule has 0 saturated heterocycles. The monoisotopic (exact) mass is 642 g/mol. The highest BCUT2D eigenvalue weighted by atomic mass is 16.3. The lowest BCUT2D eigenvalue weighted by molar-refractivity contribution is 0.667. The van der Waals surface area contributed by atoms with Crippen molar-refractivity contribution in [1.82, 2.24) is 9.88 Å². The Bertz CT molecular complexity index is 2780. The highest BCUT2D eigenvalue weighted by molar-refractivity contribution is 6.24. The molecule has 0 aliphatic carbocycles. The van der Waals surface area contributed by atoms with E-state index in [2.05, 4.69) is 143 Å².